The quantitative estimate of drug-likeness (QED) is 0.397. The van der Waals surface area contributed by atoms with Crippen LogP contribution in [0.3, 0.4) is 0 Å². The van der Waals surface area contributed by atoms with Gasteiger partial charge >= 0.3 is 0 Å². The Bertz CT molecular complexity index is 973. The third-order valence-corrected chi connectivity index (χ3v) is 6.52. The monoisotopic (exact) mass is 486 g/mol. The number of rotatable bonds is 10. The molecule has 9 heteroatoms. The molecule has 34 heavy (non-hydrogen) atoms. The summed E-state index contributed by atoms with van der Waals surface area (Å²) >= 11 is 5.94. The average molecular weight is 487 g/mol. The molecule has 182 valence electrons. The lowest BCUT2D eigenvalue weighted by Gasteiger charge is -2.40. The molecule has 1 saturated heterocycles. The van der Waals surface area contributed by atoms with Crippen molar-refractivity contribution in [2.24, 2.45) is 11.1 Å². The second kappa shape index (κ2) is 12.0. The molecule has 0 unspecified atom stereocenters. The molecule has 0 atom stereocenters. The van der Waals surface area contributed by atoms with Crippen LogP contribution >= 0.6 is 11.6 Å². The highest BCUT2D eigenvalue weighted by Crippen LogP contribution is 2.33. The number of anilines is 1. The molecule has 8 nitrogen and oxygen atoms in total. The van der Waals surface area contributed by atoms with Gasteiger partial charge in [0.2, 0.25) is 18.2 Å². The molecule has 0 spiro atoms. The number of nitrogens with one attached hydrogen (secondary N) is 1. The fourth-order valence-corrected chi connectivity index (χ4v) is 4.09. The highest BCUT2D eigenvalue weighted by Gasteiger charge is 2.43. The van der Waals surface area contributed by atoms with E-state index in [0.29, 0.717) is 49.6 Å². The molecule has 3 amide bonds. The lowest BCUT2D eigenvalue weighted by atomic mass is 9.78. The van der Waals surface area contributed by atoms with Crippen molar-refractivity contribution in [2.75, 3.05) is 31.3 Å². The van der Waals surface area contributed by atoms with Crippen LogP contribution in [0.25, 0.3) is 0 Å². The molecule has 0 radical (unpaired) electrons. The number of nitrogens with zero attached hydrogens (tertiary/aromatic N) is 2. The van der Waals surface area contributed by atoms with Crippen molar-refractivity contribution < 1.29 is 19.2 Å². The lowest BCUT2D eigenvalue weighted by molar-refractivity contribution is -0.145. The molecule has 0 saturated carbocycles. The van der Waals surface area contributed by atoms with Crippen LogP contribution < -0.4 is 16.1 Å². The van der Waals surface area contributed by atoms with Crippen molar-refractivity contribution >= 4 is 35.5 Å². The van der Waals surface area contributed by atoms with Gasteiger partial charge < -0.3 is 16.0 Å². The summed E-state index contributed by atoms with van der Waals surface area (Å²) in [5.74, 6) is -0.337. The number of carbonyl (C=O) groups is 3. The Balaban J connectivity index is 1.72. The zero-order valence-corrected chi connectivity index (χ0v) is 20.1. The zero-order chi connectivity index (χ0) is 24.6. The van der Waals surface area contributed by atoms with E-state index in [1.165, 1.54) is 0 Å². The number of hydroxylamine groups is 1. The van der Waals surface area contributed by atoms with Crippen molar-refractivity contribution in [3.05, 3.63) is 64.7 Å². The van der Waals surface area contributed by atoms with Gasteiger partial charge in [0.05, 0.1) is 24.3 Å². The first-order chi connectivity index (χ1) is 16.4. The van der Waals surface area contributed by atoms with E-state index < -0.39 is 5.41 Å². The first-order valence-corrected chi connectivity index (χ1v) is 11.8. The fraction of sp³-hybridized carbons (Fsp3) is 0.400. The zero-order valence-electron chi connectivity index (χ0n) is 19.3. The van der Waals surface area contributed by atoms with Gasteiger partial charge in [-0.15, -0.1) is 0 Å². The van der Waals surface area contributed by atoms with Crippen LogP contribution in [0.15, 0.2) is 48.5 Å². The van der Waals surface area contributed by atoms with Crippen LogP contribution in [0.1, 0.15) is 30.9 Å². The van der Waals surface area contributed by atoms with E-state index in [1.807, 2.05) is 36.4 Å². The third kappa shape index (κ3) is 6.34. The number of halogens is 1. The largest absolute Gasteiger partial charge is 0.351 e. The first kappa shape index (κ1) is 25.7. The number of piperidine rings is 1. The van der Waals surface area contributed by atoms with Crippen molar-refractivity contribution in [2.45, 2.75) is 32.7 Å². The van der Waals surface area contributed by atoms with Crippen molar-refractivity contribution in [3.8, 4) is 0 Å². The summed E-state index contributed by atoms with van der Waals surface area (Å²) in [6.07, 6.45) is 2.27. The third-order valence-electron chi connectivity index (χ3n) is 6.27. The second-order valence-electron chi connectivity index (χ2n) is 8.40. The summed E-state index contributed by atoms with van der Waals surface area (Å²) in [5, 5.41) is 4.75. The fourth-order valence-electron chi connectivity index (χ4n) is 3.96. The molecule has 1 aliphatic rings. The standard InChI is InChI=1S/C25H31ClN4O4/c1-2-19-5-9-22(10-6-19)30(18-31)34-17-25(11-13-29(14-12-25)23(32)15-27)24(33)28-16-20-3-7-21(26)8-4-20/h3-10,18H,2,11-17,27H2,1H3,(H,28,33). The number of hydrogen-bond acceptors (Lipinski definition) is 5. The molecule has 1 aliphatic heterocycles. The number of aryl methyl sites for hydroxylation is 1. The lowest BCUT2D eigenvalue weighted by Crippen LogP contribution is -2.53. The van der Waals surface area contributed by atoms with E-state index in [9.17, 15) is 14.4 Å². The average Bonchev–Trinajstić information content (AvgIpc) is 2.88. The molecule has 0 bridgehead atoms. The van der Waals surface area contributed by atoms with Crippen LogP contribution in [0.5, 0.6) is 0 Å². The second-order valence-corrected chi connectivity index (χ2v) is 8.84. The van der Waals surface area contributed by atoms with Gasteiger partial charge in [-0.1, -0.05) is 42.8 Å². The summed E-state index contributed by atoms with van der Waals surface area (Å²) in [5.41, 5.74) is 7.24. The Labute approximate surface area is 204 Å². The Hall–Kier alpha value is -2.94. The van der Waals surface area contributed by atoms with Crippen LogP contribution in [0.2, 0.25) is 5.02 Å². The Morgan fingerprint density at radius 1 is 1.12 bits per heavy atom. The highest BCUT2D eigenvalue weighted by atomic mass is 35.5. The minimum absolute atomic E-state index is 0.00161. The molecular weight excluding hydrogens is 456 g/mol. The normalized spacial score (nSPS) is 15.0. The highest BCUT2D eigenvalue weighted by molar-refractivity contribution is 6.30. The van der Waals surface area contributed by atoms with Gasteiger partial charge in [-0.25, -0.2) is 0 Å². The Morgan fingerprint density at radius 3 is 2.29 bits per heavy atom. The van der Waals surface area contributed by atoms with E-state index >= 15 is 0 Å². The van der Waals surface area contributed by atoms with Crippen LogP contribution in [0, 0.1) is 5.41 Å². The summed E-state index contributed by atoms with van der Waals surface area (Å²) in [4.78, 5) is 44.7. The Kier molecular flexibility index (Phi) is 9.04. The topological polar surface area (TPSA) is 105 Å². The van der Waals surface area contributed by atoms with E-state index in [2.05, 4.69) is 12.2 Å². The van der Waals surface area contributed by atoms with Gasteiger partial charge in [-0.2, -0.15) is 5.06 Å². The van der Waals surface area contributed by atoms with Gasteiger partial charge in [-0.05, 0) is 54.7 Å². The first-order valence-electron chi connectivity index (χ1n) is 11.4. The van der Waals surface area contributed by atoms with E-state index in [1.54, 1.807) is 17.0 Å². The molecule has 2 aromatic carbocycles. The van der Waals surface area contributed by atoms with Crippen LogP contribution in [0.4, 0.5) is 5.69 Å². The smallest absolute Gasteiger partial charge is 0.238 e. The van der Waals surface area contributed by atoms with Gasteiger partial charge in [0.25, 0.3) is 0 Å². The maximum atomic E-state index is 13.4. The van der Waals surface area contributed by atoms with Gasteiger partial charge in [0.15, 0.2) is 0 Å². The molecule has 3 rings (SSSR count). The summed E-state index contributed by atoms with van der Waals surface area (Å²) < 4.78 is 0. The minimum atomic E-state index is -0.900. The SMILES string of the molecule is CCc1ccc(N(C=O)OCC2(C(=O)NCc3ccc(Cl)cc3)CCN(C(=O)CN)CC2)cc1. The number of carbonyl (C=O) groups excluding carboxylic acids is 3. The summed E-state index contributed by atoms with van der Waals surface area (Å²) in [6, 6.07) is 14.7. The molecule has 0 aromatic heterocycles. The van der Waals surface area contributed by atoms with Crippen molar-refractivity contribution in [1.82, 2.24) is 10.2 Å². The van der Waals surface area contributed by atoms with Gasteiger partial charge in [-0.3, -0.25) is 19.2 Å². The molecule has 0 aliphatic carbocycles. The molecular formula is C25H31ClN4O4. The maximum absolute atomic E-state index is 13.4. The number of nitrogens with two attached hydrogens (primary N) is 1. The molecule has 3 N–H and O–H groups in total. The number of hydrogen-bond donors (Lipinski definition) is 2. The van der Waals surface area contributed by atoms with Crippen molar-refractivity contribution in [1.29, 1.82) is 0 Å². The predicted molar refractivity (Wildman–Crippen MR) is 131 cm³/mol. The van der Waals surface area contributed by atoms with Crippen molar-refractivity contribution in [3.63, 3.8) is 0 Å². The van der Waals surface area contributed by atoms with Crippen LogP contribution in [-0.4, -0.2) is 49.4 Å². The summed E-state index contributed by atoms with van der Waals surface area (Å²) in [6.45, 7) is 3.09. The predicted octanol–water partition coefficient (Wildman–Crippen LogP) is 2.68. The minimum Gasteiger partial charge on any atom is -0.351 e. The Morgan fingerprint density at radius 2 is 1.74 bits per heavy atom. The maximum Gasteiger partial charge on any atom is 0.238 e. The summed E-state index contributed by atoms with van der Waals surface area (Å²) in [7, 11) is 0. The molecule has 2 aromatic rings. The van der Waals surface area contributed by atoms with E-state index in [4.69, 9.17) is 22.2 Å². The molecule has 1 heterocycles. The number of benzene rings is 2. The molecule has 1 fully saturated rings. The number of amides is 3. The number of likely N-dealkylation sites (tertiary alicyclic amines) is 1. The van der Waals surface area contributed by atoms with Gasteiger partial charge in [0.1, 0.15) is 0 Å². The van der Waals surface area contributed by atoms with Crippen LogP contribution in [-0.2, 0) is 32.2 Å². The van der Waals surface area contributed by atoms with E-state index in [-0.39, 0.29) is 25.0 Å². The van der Waals surface area contributed by atoms with Gasteiger partial charge in [0, 0.05) is 24.7 Å². The van der Waals surface area contributed by atoms with E-state index in [0.717, 1.165) is 22.6 Å².